The molecule has 1 amide bonds. The smallest absolute Gasteiger partial charge is 0.277 e. The Morgan fingerprint density at radius 3 is 2.23 bits per heavy atom. The highest BCUT2D eigenvalue weighted by atomic mass is 35.5. The van der Waals surface area contributed by atoms with Crippen LogP contribution in [-0.2, 0) is 0 Å². The lowest BCUT2D eigenvalue weighted by Gasteiger charge is -2.06. The number of anilines is 1. The predicted molar refractivity (Wildman–Crippen MR) is 77.0 cm³/mol. The number of rotatable bonds is 4. The summed E-state index contributed by atoms with van der Waals surface area (Å²) in [4.78, 5) is 35.8. The molecule has 0 aliphatic rings. The monoisotopic (exact) mass is 322 g/mol. The Hall–Kier alpha value is -3.07. The van der Waals surface area contributed by atoms with E-state index in [1.165, 1.54) is 18.3 Å². The van der Waals surface area contributed by atoms with Crippen LogP contribution in [0.3, 0.4) is 0 Å². The maximum atomic E-state index is 12.1. The van der Waals surface area contributed by atoms with E-state index in [9.17, 15) is 25.0 Å². The Morgan fingerprint density at radius 2 is 1.73 bits per heavy atom. The first kappa shape index (κ1) is 15.3. The van der Waals surface area contributed by atoms with Gasteiger partial charge in [-0.25, -0.2) is 4.98 Å². The summed E-state index contributed by atoms with van der Waals surface area (Å²) in [5.41, 5.74) is -1.17. The Balaban J connectivity index is 2.39. The molecule has 112 valence electrons. The molecule has 1 aromatic carbocycles. The second-order valence-corrected chi connectivity index (χ2v) is 4.41. The summed E-state index contributed by atoms with van der Waals surface area (Å²) in [5, 5.41) is 24.0. The number of carbonyl (C=O) groups excluding carboxylic acids is 1. The van der Waals surface area contributed by atoms with Crippen LogP contribution >= 0.6 is 11.6 Å². The zero-order valence-corrected chi connectivity index (χ0v) is 11.5. The van der Waals surface area contributed by atoms with Crippen molar-refractivity contribution in [1.29, 1.82) is 0 Å². The van der Waals surface area contributed by atoms with Gasteiger partial charge in [0, 0.05) is 18.3 Å². The summed E-state index contributed by atoms with van der Waals surface area (Å²) >= 11 is 5.78. The number of aromatic nitrogens is 1. The molecule has 2 rings (SSSR count). The Kier molecular flexibility index (Phi) is 4.28. The Labute approximate surface area is 127 Å². The highest BCUT2D eigenvalue weighted by molar-refractivity contribution is 6.32. The number of carbonyl (C=O) groups is 1. The van der Waals surface area contributed by atoms with Gasteiger partial charge >= 0.3 is 0 Å². The van der Waals surface area contributed by atoms with Gasteiger partial charge in [-0.15, -0.1) is 0 Å². The van der Waals surface area contributed by atoms with E-state index in [0.717, 1.165) is 18.2 Å². The third kappa shape index (κ3) is 3.33. The highest BCUT2D eigenvalue weighted by Crippen LogP contribution is 2.24. The fraction of sp³-hybridized carbons (Fsp3) is 0. The quantitative estimate of drug-likeness (QED) is 0.523. The molecule has 0 atom stereocenters. The van der Waals surface area contributed by atoms with E-state index in [0.29, 0.717) is 0 Å². The lowest BCUT2D eigenvalue weighted by atomic mass is 10.1. The molecule has 10 heteroatoms. The third-order valence-electron chi connectivity index (χ3n) is 2.59. The van der Waals surface area contributed by atoms with Crippen molar-refractivity contribution >= 4 is 34.6 Å². The van der Waals surface area contributed by atoms with E-state index >= 15 is 0 Å². The van der Waals surface area contributed by atoms with Crippen molar-refractivity contribution in [3.05, 3.63) is 67.5 Å². The fourth-order valence-corrected chi connectivity index (χ4v) is 1.78. The van der Waals surface area contributed by atoms with Gasteiger partial charge in [0.2, 0.25) is 0 Å². The molecule has 9 nitrogen and oxygen atoms in total. The van der Waals surface area contributed by atoms with Gasteiger partial charge in [-0.2, -0.15) is 0 Å². The number of nitro groups is 2. The maximum Gasteiger partial charge on any atom is 0.277 e. The van der Waals surface area contributed by atoms with Gasteiger partial charge in [-0.1, -0.05) is 11.6 Å². The molecule has 2 aromatic rings. The SMILES string of the molecule is O=C(Nc1cccnc1Cl)c1cc([N+](=O)[O-])cc([N+](=O)[O-])c1. The second kappa shape index (κ2) is 6.14. The molecule has 0 unspecified atom stereocenters. The van der Waals surface area contributed by atoms with Gasteiger partial charge in [0.25, 0.3) is 17.3 Å². The molecule has 1 heterocycles. The minimum absolute atomic E-state index is 0.0239. The van der Waals surface area contributed by atoms with Crippen molar-refractivity contribution in [2.45, 2.75) is 0 Å². The van der Waals surface area contributed by atoms with Crippen molar-refractivity contribution in [3.63, 3.8) is 0 Å². The number of halogens is 1. The normalized spacial score (nSPS) is 10.0. The maximum absolute atomic E-state index is 12.1. The van der Waals surface area contributed by atoms with E-state index in [4.69, 9.17) is 11.6 Å². The van der Waals surface area contributed by atoms with E-state index in [2.05, 4.69) is 10.3 Å². The zero-order chi connectivity index (χ0) is 16.3. The molecule has 22 heavy (non-hydrogen) atoms. The van der Waals surface area contributed by atoms with Crippen LogP contribution in [0.1, 0.15) is 10.4 Å². The van der Waals surface area contributed by atoms with E-state index in [-0.39, 0.29) is 16.4 Å². The minimum Gasteiger partial charge on any atom is -0.319 e. The summed E-state index contributed by atoms with van der Waals surface area (Å²) in [6.07, 6.45) is 1.41. The van der Waals surface area contributed by atoms with Gasteiger partial charge in [-0.05, 0) is 12.1 Å². The number of non-ortho nitro benzene ring substituents is 2. The molecular weight excluding hydrogens is 316 g/mol. The van der Waals surface area contributed by atoms with Gasteiger partial charge in [0.05, 0.1) is 27.2 Å². The molecule has 0 bridgehead atoms. The van der Waals surface area contributed by atoms with Crippen LogP contribution in [-0.4, -0.2) is 20.7 Å². The molecule has 0 aliphatic carbocycles. The largest absolute Gasteiger partial charge is 0.319 e. The van der Waals surface area contributed by atoms with Crippen LogP contribution in [0.5, 0.6) is 0 Å². The first-order chi connectivity index (χ1) is 10.4. The molecule has 1 aromatic heterocycles. The molecule has 0 saturated heterocycles. The molecular formula is C12H7ClN4O5. The van der Waals surface area contributed by atoms with Gasteiger partial charge < -0.3 is 5.32 Å². The number of benzene rings is 1. The third-order valence-corrected chi connectivity index (χ3v) is 2.89. The fourth-order valence-electron chi connectivity index (χ4n) is 1.61. The molecule has 0 aliphatic heterocycles. The topological polar surface area (TPSA) is 128 Å². The number of pyridine rings is 1. The Morgan fingerprint density at radius 1 is 1.14 bits per heavy atom. The van der Waals surface area contributed by atoms with Crippen LogP contribution in [0.4, 0.5) is 17.1 Å². The van der Waals surface area contributed by atoms with Gasteiger partial charge in [0.15, 0.2) is 5.15 Å². The van der Waals surface area contributed by atoms with Crippen LogP contribution in [0.2, 0.25) is 5.15 Å². The van der Waals surface area contributed by atoms with Crippen molar-refractivity contribution < 1.29 is 14.6 Å². The molecule has 0 fully saturated rings. The number of hydrogen-bond donors (Lipinski definition) is 1. The summed E-state index contributed by atoms with van der Waals surface area (Å²) < 4.78 is 0. The lowest BCUT2D eigenvalue weighted by Crippen LogP contribution is -2.13. The molecule has 0 saturated carbocycles. The number of hydrogen-bond acceptors (Lipinski definition) is 6. The number of amides is 1. The average molecular weight is 323 g/mol. The van der Waals surface area contributed by atoms with Crippen molar-refractivity contribution in [2.75, 3.05) is 5.32 Å². The minimum atomic E-state index is -0.819. The first-order valence-corrected chi connectivity index (χ1v) is 6.12. The van der Waals surface area contributed by atoms with Crippen LogP contribution < -0.4 is 5.32 Å². The lowest BCUT2D eigenvalue weighted by molar-refractivity contribution is -0.394. The average Bonchev–Trinajstić information content (AvgIpc) is 2.49. The summed E-state index contributed by atoms with van der Waals surface area (Å²) in [6, 6.07) is 5.64. The van der Waals surface area contributed by atoms with Crippen LogP contribution in [0.25, 0.3) is 0 Å². The van der Waals surface area contributed by atoms with E-state index < -0.39 is 27.1 Å². The van der Waals surface area contributed by atoms with Gasteiger partial charge in [-0.3, -0.25) is 25.0 Å². The predicted octanol–water partition coefficient (Wildman–Crippen LogP) is 2.80. The summed E-state index contributed by atoms with van der Waals surface area (Å²) in [6.45, 7) is 0. The number of nitrogens with one attached hydrogen (secondary N) is 1. The number of nitro benzene ring substituents is 2. The number of nitrogens with zero attached hydrogens (tertiary/aromatic N) is 3. The van der Waals surface area contributed by atoms with Crippen molar-refractivity contribution in [2.24, 2.45) is 0 Å². The van der Waals surface area contributed by atoms with E-state index in [1.54, 1.807) is 0 Å². The summed E-state index contributed by atoms with van der Waals surface area (Å²) in [7, 11) is 0. The van der Waals surface area contributed by atoms with E-state index in [1.807, 2.05) is 0 Å². The van der Waals surface area contributed by atoms with Crippen LogP contribution in [0, 0.1) is 20.2 Å². The zero-order valence-electron chi connectivity index (χ0n) is 10.7. The van der Waals surface area contributed by atoms with Crippen molar-refractivity contribution in [1.82, 2.24) is 4.98 Å². The summed E-state index contributed by atoms with van der Waals surface area (Å²) in [5.74, 6) is -0.776. The van der Waals surface area contributed by atoms with Crippen molar-refractivity contribution in [3.8, 4) is 0 Å². The molecule has 0 radical (unpaired) electrons. The first-order valence-electron chi connectivity index (χ1n) is 5.74. The van der Waals surface area contributed by atoms with Crippen LogP contribution in [0.15, 0.2) is 36.5 Å². The highest BCUT2D eigenvalue weighted by Gasteiger charge is 2.20. The molecule has 0 spiro atoms. The van der Waals surface area contributed by atoms with Gasteiger partial charge in [0.1, 0.15) is 0 Å². The Bertz CT molecular complexity index is 748. The second-order valence-electron chi connectivity index (χ2n) is 4.05. The standard InChI is InChI=1S/C12H7ClN4O5/c13-11-10(2-1-3-14-11)15-12(18)7-4-8(16(19)20)6-9(5-7)17(21)22/h1-6H,(H,15,18). The molecule has 1 N–H and O–H groups in total.